The van der Waals surface area contributed by atoms with Crippen molar-refractivity contribution in [1.82, 2.24) is 9.62 Å². The molecule has 0 aromatic heterocycles. The summed E-state index contributed by atoms with van der Waals surface area (Å²) in [7, 11) is -3.83. The molecule has 2 aromatic rings. The van der Waals surface area contributed by atoms with Crippen molar-refractivity contribution < 1.29 is 17.9 Å². The predicted molar refractivity (Wildman–Crippen MR) is 129 cm³/mol. The molecule has 2 aromatic carbocycles. The van der Waals surface area contributed by atoms with Crippen LogP contribution in [0.1, 0.15) is 57.6 Å². The average Bonchev–Trinajstić information content (AvgIpc) is 2.78. The van der Waals surface area contributed by atoms with Crippen LogP contribution in [0.5, 0.6) is 5.75 Å². The molecule has 1 N–H and O–H groups in total. The molecule has 0 unspecified atom stereocenters. The second kappa shape index (κ2) is 11.3. The number of benzene rings is 2. The molecule has 0 heterocycles. The molecule has 0 saturated heterocycles. The van der Waals surface area contributed by atoms with Crippen molar-refractivity contribution in [3.05, 3.63) is 58.6 Å². The Kier molecular flexibility index (Phi) is 8.73. The zero-order chi connectivity index (χ0) is 23.1. The van der Waals surface area contributed by atoms with Crippen LogP contribution in [0.3, 0.4) is 0 Å². The molecule has 1 atom stereocenters. The summed E-state index contributed by atoms with van der Waals surface area (Å²) >= 11 is 3.45. The van der Waals surface area contributed by atoms with E-state index in [1.54, 1.807) is 24.3 Å². The highest BCUT2D eigenvalue weighted by atomic mass is 79.9. The first-order chi connectivity index (χ1) is 15.3. The van der Waals surface area contributed by atoms with Crippen LogP contribution in [-0.2, 0) is 14.8 Å². The minimum atomic E-state index is -3.83. The van der Waals surface area contributed by atoms with E-state index >= 15 is 0 Å². The van der Waals surface area contributed by atoms with Crippen LogP contribution in [-0.4, -0.2) is 37.8 Å². The number of amides is 1. The van der Waals surface area contributed by atoms with Crippen molar-refractivity contribution in [2.45, 2.75) is 62.9 Å². The first kappa shape index (κ1) is 24.7. The summed E-state index contributed by atoms with van der Waals surface area (Å²) in [5.74, 6) is 0.314. The minimum Gasteiger partial charge on any atom is -0.494 e. The molecule has 1 fully saturated rings. The number of hydrogen-bond donors (Lipinski definition) is 1. The molecule has 3 rings (SSSR count). The molecule has 1 saturated carbocycles. The van der Waals surface area contributed by atoms with Gasteiger partial charge in [0.15, 0.2) is 0 Å². The quantitative estimate of drug-likeness (QED) is 0.499. The normalized spacial score (nSPS) is 16.0. The van der Waals surface area contributed by atoms with Gasteiger partial charge in [-0.2, -0.15) is 4.31 Å². The third kappa shape index (κ3) is 6.33. The van der Waals surface area contributed by atoms with Crippen LogP contribution in [0, 0.1) is 0 Å². The van der Waals surface area contributed by atoms with Gasteiger partial charge in [-0.1, -0.05) is 47.3 Å². The summed E-state index contributed by atoms with van der Waals surface area (Å²) < 4.78 is 34.8. The topological polar surface area (TPSA) is 75.7 Å². The van der Waals surface area contributed by atoms with Gasteiger partial charge in [0.2, 0.25) is 15.9 Å². The molecular formula is C24H31BrN2O4S. The highest BCUT2D eigenvalue weighted by Crippen LogP contribution is 2.29. The number of halogens is 1. The van der Waals surface area contributed by atoms with E-state index in [1.807, 2.05) is 38.1 Å². The number of nitrogens with zero attached hydrogens (tertiary/aromatic N) is 1. The maximum Gasteiger partial charge on any atom is 0.243 e. The summed E-state index contributed by atoms with van der Waals surface area (Å²) in [5.41, 5.74) is 0.950. The van der Waals surface area contributed by atoms with E-state index in [9.17, 15) is 13.2 Å². The Morgan fingerprint density at radius 3 is 2.47 bits per heavy atom. The van der Waals surface area contributed by atoms with Crippen LogP contribution in [0.4, 0.5) is 0 Å². The highest BCUT2D eigenvalue weighted by molar-refractivity contribution is 9.10. The minimum absolute atomic E-state index is 0.174. The molecule has 32 heavy (non-hydrogen) atoms. The van der Waals surface area contributed by atoms with E-state index in [4.69, 9.17) is 4.74 Å². The molecule has 8 heteroatoms. The van der Waals surface area contributed by atoms with Crippen LogP contribution in [0.15, 0.2) is 57.9 Å². The maximum absolute atomic E-state index is 13.5. The van der Waals surface area contributed by atoms with Gasteiger partial charge in [-0.3, -0.25) is 4.79 Å². The summed E-state index contributed by atoms with van der Waals surface area (Å²) in [6.45, 7) is 4.09. The number of ether oxygens (including phenoxy) is 1. The Labute approximate surface area is 199 Å². The van der Waals surface area contributed by atoms with Crippen molar-refractivity contribution in [1.29, 1.82) is 0 Å². The maximum atomic E-state index is 13.5. The van der Waals surface area contributed by atoms with Gasteiger partial charge in [0, 0.05) is 10.5 Å². The van der Waals surface area contributed by atoms with Gasteiger partial charge in [-0.15, -0.1) is 0 Å². The smallest absolute Gasteiger partial charge is 0.243 e. The summed E-state index contributed by atoms with van der Waals surface area (Å²) in [6.07, 6.45) is 4.57. The number of carbonyl (C=O) groups excluding carboxylic acids is 1. The lowest BCUT2D eigenvalue weighted by atomic mass is 9.95. The number of carbonyl (C=O) groups is 1. The largest absolute Gasteiger partial charge is 0.494 e. The zero-order valence-electron chi connectivity index (χ0n) is 18.6. The molecular weight excluding hydrogens is 492 g/mol. The predicted octanol–water partition coefficient (Wildman–Crippen LogP) is 5.05. The third-order valence-corrected chi connectivity index (χ3v) is 8.15. The third-order valence-electron chi connectivity index (χ3n) is 5.75. The van der Waals surface area contributed by atoms with E-state index in [1.165, 1.54) is 4.31 Å². The zero-order valence-corrected chi connectivity index (χ0v) is 21.0. The van der Waals surface area contributed by atoms with E-state index in [0.29, 0.717) is 12.4 Å². The van der Waals surface area contributed by atoms with Gasteiger partial charge in [-0.25, -0.2) is 8.42 Å². The Morgan fingerprint density at radius 1 is 1.16 bits per heavy atom. The number of rotatable bonds is 9. The molecule has 0 spiro atoms. The standard InChI is InChI=1S/C24H31BrN2O4S/c1-3-31-22-12-14-23(15-13-22)32(29,30)27(21-10-5-4-6-11-21)17-24(28)26-18(2)19-8-7-9-20(25)16-19/h7-9,12-16,18,21H,3-6,10-11,17H2,1-2H3,(H,26,28)/t18-/m0/s1. The van der Waals surface area contributed by atoms with Gasteiger partial charge in [0.05, 0.1) is 24.1 Å². The Bertz CT molecular complexity index is 1000. The number of nitrogens with one attached hydrogen (secondary N) is 1. The fourth-order valence-electron chi connectivity index (χ4n) is 4.08. The number of sulfonamides is 1. The van der Waals surface area contributed by atoms with Gasteiger partial charge in [0.25, 0.3) is 0 Å². The summed E-state index contributed by atoms with van der Waals surface area (Å²) in [4.78, 5) is 13.1. The van der Waals surface area contributed by atoms with Crippen molar-refractivity contribution in [3.63, 3.8) is 0 Å². The average molecular weight is 523 g/mol. The molecule has 6 nitrogen and oxygen atoms in total. The Hall–Kier alpha value is -1.90. The van der Waals surface area contributed by atoms with E-state index < -0.39 is 10.0 Å². The molecule has 0 aliphatic heterocycles. The molecule has 1 aliphatic rings. The van der Waals surface area contributed by atoms with Crippen LogP contribution in [0.2, 0.25) is 0 Å². The lowest BCUT2D eigenvalue weighted by molar-refractivity contribution is -0.122. The van der Waals surface area contributed by atoms with Gasteiger partial charge in [-0.05, 0) is 68.7 Å². The first-order valence-electron chi connectivity index (χ1n) is 11.1. The monoisotopic (exact) mass is 522 g/mol. The van der Waals surface area contributed by atoms with E-state index in [2.05, 4.69) is 21.2 Å². The lowest BCUT2D eigenvalue weighted by Gasteiger charge is -2.33. The van der Waals surface area contributed by atoms with Gasteiger partial charge < -0.3 is 10.1 Å². The number of hydrogen-bond acceptors (Lipinski definition) is 4. The Morgan fingerprint density at radius 2 is 1.84 bits per heavy atom. The molecule has 174 valence electrons. The van der Waals surface area contributed by atoms with Crippen molar-refractivity contribution >= 4 is 31.9 Å². The van der Waals surface area contributed by atoms with Crippen molar-refractivity contribution in [2.75, 3.05) is 13.2 Å². The van der Waals surface area contributed by atoms with Crippen LogP contribution in [0.25, 0.3) is 0 Å². The van der Waals surface area contributed by atoms with Crippen LogP contribution >= 0.6 is 15.9 Å². The first-order valence-corrected chi connectivity index (χ1v) is 13.3. The molecule has 0 bridgehead atoms. The van der Waals surface area contributed by atoms with Crippen molar-refractivity contribution in [3.8, 4) is 5.75 Å². The fourth-order valence-corrected chi connectivity index (χ4v) is 6.14. The lowest BCUT2D eigenvalue weighted by Crippen LogP contribution is -2.47. The molecule has 1 aliphatic carbocycles. The van der Waals surface area contributed by atoms with Crippen LogP contribution < -0.4 is 10.1 Å². The van der Waals surface area contributed by atoms with Gasteiger partial charge >= 0.3 is 0 Å². The van der Waals surface area contributed by atoms with E-state index in [0.717, 1.165) is 42.1 Å². The van der Waals surface area contributed by atoms with Crippen molar-refractivity contribution in [2.24, 2.45) is 0 Å². The molecule has 0 radical (unpaired) electrons. The Balaban J connectivity index is 1.79. The molecule has 1 amide bonds. The highest BCUT2D eigenvalue weighted by Gasteiger charge is 2.34. The second-order valence-corrected chi connectivity index (χ2v) is 10.9. The summed E-state index contributed by atoms with van der Waals surface area (Å²) in [5, 5.41) is 2.96. The SMILES string of the molecule is CCOc1ccc(S(=O)(=O)N(CC(=O)N[C@@H](C)c2cccc(Br)c2)C2CCCCC2)cc1. The van der Waals surface area contributed by atoms with E-state index in [-0.39, 0.29) is 29.4 Å². The van der Waals surface area contributed by atoms with Gasteiger partial charge in [0.1, 0.15) is 5.75 Å². The summed E-state index contributed by atoms with van der Waals surface area (Å²) in [6, 6.07) is 13.7. The fraction of sp³-hybridized carbons (Fsp3) is 0.458. The second-order valence-electron chi connectivity index (χ2n) is 8.09.